The molecule has 4 N–H and O–H groups in total. The maximum atomic E-state index is 12.0. The Morgan fingerprint density at radius 2 is 2.41 bits per heavy atom. The van der Waals surface area contributed by atoms with Gasteiger partial charge in [-0.25, -0.2) is 0 Å². The molecule has 6 heteroatoms. The van der Waals surface area contributed by atoms with Crippen LogP contribution in [-0.2, 0) is 0 Å². The lowest BCUT2D eigenvalue weighted by Gasteiger charge is -2.06. The van der Waals surface area contributed by atoms with Crippen LogP contribution in [0.3, 0.4) is 0 Å². The highest BCUT2D eigenvalue weighted by Crippen LogP contribution is 2.37. The summed E-state index contributed by atoms with van der Waals surface area (Å²) in [6.07, 6.45) is 7.24. The van der Waals surface area contributed by atoms with E-state index >= 15 is 0 Å². The Labute approximate surface area is 97.8 Å². The number of nitrogen functional groups attached to an aromatic ring is 1. The van der Waals surface area contributed by atoms with E-state index in [9.17, 15) is 4.79 Å². The van der Waals surface area contributed by atoms with Crippen LogP contribution < -0.4 is 11.1 Å². The van der Waals surface area contributed by atoms with Crippen molar-refractivity contribution in [1.82, 2.24) is 14.8 Å². The van der Waals surface area contributed by atoms with Gasteiger partial charge in [-0.3, -0.25) is 9.89 Å². The van der Waals surface area contributed by atoms with Gasteiger partial charge in [0.1, 0.15) is 5.69 Å². The Balaban J connectivity index is 1.85. The number of nitrogens with two attached hydrogens (primary N) is 1. The molecule has 0 atom stereocenters. The number of nitrogens with one attached hydrogen (secondary N) is 2. The van der Waals surface area contributed by atoms with Gasteiger partial charge in [-0.1, -0.05) is 0 Å². The van der Waals surface area contributed by atoms with Gasteiger partial charge in [0, 0.05) is 18.4 Å². The lowest BCUT2D eigenvalue weighted by atomic mass is 10.3. The molecule has 0 radical (unpaired) electrons. The van der Waals surface area contributed by atoms with Crippen LogP contribution in [0.25, 0.3) is 0 Å². The van der Waals surface area contributed by atoms with Crippen molar-refractivity contribution in [3.8, 4) is 0 Å². The van der Waals surface area contributed by atoms with Crippen molar-refractivity contribution < 1.29 is 4.79 Å². The summed E-state index contributed by atoms with van der Waals surface area (Å²) in [4.78, 5) is 12.0. The second-order valence-corrected chi connectivity index (χ2v) is 4.24. The van der Waals surface area contributed by atoms with Crippen molar-refractivity contribution in [3.05, 3.63) is 30.4 Å². The molecule has 1 aliphatic rings. The highest BCUT2D eigenvalue weighted by atomic mass is 16.2. The van der Waals surface area contributed by atoms with E-state index in [1.54, 1.807) is 18.5 Å². The summed E-state index contributed by atoms with van der Waals surface area (Å²) >= 11 is 0. The van der Waals surface area contributed by atoms with Gasteiger partial charge in [-0.2, -0.15) is 5.10 Å². The van der Waals surface area contributed by atoms with Gasteiger partial charge in [0.15, 0.2) is 0 Å². The summed E-state index contributed by atoms with van der Waals surface area (Å²) in [6.45, 7) is 0. The van der Waals surface area contributed by atoms with Gasteiger partial charge in [-0.15, -0.1) is 0 Å². The summed E-state index contributed by atoms with van der Waals surface area (Å²) in [7, 11) is 0. The van der Waals surface area contributed by atoms with Crippen LogP contribution in [0.15, 0.2) is 24.7 Å². The fourth-order valence-corrected chi connectivity index (χ4v) is 1.85. The number of carbonyl (C=O) groups excluding carboxylic acids is 1. The van der Waals surface area contributed by atoms with Gasteiger partial charge in [-0.05, 0) is 18.9 Å². The minimum atomic E-state index is -0.157. The van der Waals surface area contributed by atoms with Crippen molar-refractivity contribution in [2.45, 2.75) is 18.9 Å². The third-order valence-electron chi connectivity index (χ3n) is 2.80. The molecule has 0 spiro atoms. The number of amides is 1. The molecule has 1 saturated carbocycles. The Morgan fingerprint density at radius 3 is 3.06 bits per heavy atom. The minimum Gasteiger partial charge on any atom is -0.397 e. The van der Waals surface area contributed by atoms with Crippen LogP contribution in [0.1, 0.15) is 29.4 Å². The van der Waals surface area contributed by atoms with Gasteiger partial charge in [0.25, 0.3) is 5.91 Å². The van der Waals surface area contributed by atoms with Crippen LogP contribution in [-0.4, -0.2) is 20.7 Å². The molecule has 2 aromatic rings. The smallest absolute Gasteiger partial charge is 0.272 e. The molecule has 1 amide bonds. The fourth-order valence-electron chi connectivity index (χ4n) is 1.85. The third kappa shape index (κ3) is 1.89. The zero-order valence-electron chi connectivity index (χ0n) is 9.18. The van der Waals surface area contributed by atoms with Crippen LogP contribution in [0, 0.1) is 0 Å². The van der Waals surface area contributed by atoms with Crippen molar-refractivity contribution in [2.75, 3.05) is 11.1 Å². The summed E-state index contributed by atoms with van der Waals surface area (Å²) in [5, 5.41) is 9.18. The molecule has 17 heavy (non-hydrogen) atoms. The molecular formula is C11H13N5O. The highest BCUT2D eigenvalue weighted by Gasteiger charge is 2.27. The van der Waals surface area contributed by atoms with Crippen molar-refractivity contribution in [3.63, 3.8) is 0 Å². The molecule has 0 bridgehead atoms. The van der Waals surface area contributed by atoms with Crippen molar-refractivity contribution in [2.24, 2.45) is 0 Å². The second kappa shape index (κ2) is 3.65. The average Bonchev–Trinajstić information content (AvgIpc) is 2.88. The van der Waals surface area contributed by atoms with Crippen molar-refractivity contribution in [1.29, 1.82) is 0 Å². The Morgan fingerprint density at radius 1 is 1.59 bits per heavy atom. The van der Waals surface area contributed by atoms with E-state index < -0.39 is 0 Å². The fraction of sp³-hybridized carbons (Fsp3) is 0.273. The summed E-state index contributed by atoms with van der Waals surface area (Å²) < 4.78 is 1.95. The number of nitrogens with zero attached hydrogens (tertiary/aromatic N) is 2. The monoisotopic (exact) mass is 231 g/mol. The van der Waals surface area contributed by atoms with Crippen LogP contribution >= 0.6 is 0 Å². The number of anilines is 2. The van der Waals surface area contributed by atoms with Crippen molar-refractivity contribution >= 4 is 17.3 Å². The maximum Gasteiger partial charge on any atom is 0.272 e. The van der Waals surface area contributed by atoms with Gasteiger partial charge >= 0.3 is 0 Å². The lowest BCUT2D eigenvalue weighted by Crippen LogP contribution is -2.15. The van der Waals surface area contributed by atoms with E-state index in [0.717, 1.165) is 12.8 Å². The molecule has 3 rings (SSSR count). The Kier molecular flexibility index (Phi) is 2.14. The maximum absolute atomic E-state index is 12.0. The standard InChI is InChI=1S/C11H13N5O/c12-7-3-10(16(6-7)9-1-2-9)11(17)15-8-4-13-14-5-8/h3-6,9H,1-2,12H2,(H,13,14)(H,15,17). The largest absolute Gasteiger partial charge is 0.397 e. The third-order valence-corrected chi connectivity index (χ3v) is 2.80. The topological polar surface area (TPSA) is 88.7 Å². The molecule has 2 aromatic heterocycles. The predicted molar refractivity (Wildman–Crippen MR) is 63.7 cm³/mol. The first-order valence-corrected chi connectivity index (χ1v) is 5.51. The number of hydrogen-bond donors (Lipinski definition) is 3. The molecule has 6 nitrogen and oxygen atoms in total. The zero-order chi connectivity index (χ0) is 11.8. The Hall–Kier alpha value is -2.24. The number of aromatic amines is 1. The van der Waals surface area contributed by atoms with E-state index in [4.69, 9.17) is 5.73 Å². The number of rotatable bonds is 3. The average molecular weight is 231 g/mol. The molecule has 2 heterocycles. The molecule has 1 fully saturated rings. The van der Waals surface area contributed by atoms with E-state index in [1.807, 2.05) is 10.8 Å². The van der Waals surface area contributed by atoms with E-state index in [-0.39, 0.29) is 5.91 Å². The number of hydrogen-bond acceptors (Lipinski definition) is 3. The first-order valence-electron chi connectivity index (χ1n) is 5.51. The number of H-pyrrole nitrogens is 1. The second-order valence-electron chi connectivity index (χ2n) is 4.24. The summed E-state index contributed by atoms with van der Waals surface area (Å²) in [5.41, 5.74) is 7.61. The first kappa shape index (κ1) is 9.95. The van der Waals surface area contributed by atoms with E-state index in [1.165, 1.54) is 0 Å². The van der Waals surface area contributed by atoms with Crippen LogP contribution in [0.5, 0.6) is 0 Å². The van der Waals surface area contributed by atoms with Gasteiger partial charge in [0.2, 0.25) is 0 Å². The lowest BCUT2D eigenvalue weighted by molar-refractivity contribution is 0.101. The molecule has 0 aliphatic heterocycles. The van der Waals surface area contributed by atoms with E-state index in [0.29, 0.717) is 23.1 Å². The SMILES string of the molecule is Nc1cc(C(=O)Nc2cn[nH]c2)n(C2CC2)c1. The normalized spacial score (nSPS) is 14.8. The predicted octanol–water partition coefficient (Wildman–Crippen LogP) is 1.38. The van der Waals surface area contributed by atoms with Crippen LogP contribution in [0.4, 0.5) is 11.4 Å². The number of aromatic nitrogens is 3. The van der Waals surface area contributed by atoms with Gasteiger partial charge < -0.3 is 15.6 Å². The molecule has 0 aromatic carbocycles. The highest BCUT2D eigenvalue weighted by molar-refractivity contribution is 6.03. The molecule has 1 aliphatic carbocycles. The van der Waals surface area contributed by atoms with Gasteiger partial charge in [0.05, 0.1) is 17.6 Å². The first-order chi connectivity index (χ1) is 8.24. The zero-order valence-corrected chi connectivity index (χ0v) is 9.18. The molecular weight excluding hydrogens is 218 g/mol. The van der Waals surface area contributed by atoms with Crippen LogP contribution in [0.2, 0.25) is 0 Å². The molecule has 88 valence electrons. The molecule has 0 saturated heterocycles. The molecule has 0 unspecified atom stereocenters. The van der Waals surface area contributed by atoms with E-state index in [2.05, 4.69) is 15.5 Å². The quantitative estimate of drug-likeness (QED) is 0.745. The number of carbonyl (C=O) groups is 1. The Bertz CT molecular complexity index is 538. The summed E-state index contributed by atoms with van der Waals surface area (Å²) in [6, 6.07) is 2.13. The summed E-state index contributed by atoms with van der Waals surface area (Å²) in [5.74, 6) is -0.157. The minimum absolute atomic E-state index is 0.157.